The Balaban J connectivity index is 1.59. The van der Waals surface area contributed by atoms with Crippen LogP contribution in [0.25, 0.3) is 10.9 Å². The molecule has 4 heterocycles. The number of fused-ring (bicyclic) bond motifs is 1. The van der Waals surface area contributed by atoms with Gasteiger partial charge < -0.3 is 19.9 Å². The highest BCUT2D eigenvalue weighted by Gasteiger charge is 2.48. The number of anilines is 1. The highest BCUT2D eigenvalue weighted by molar-refractivity contribution is 5.94. The van der Waals surface area contributed by atoms with Crippen molar-refractivity contribution in [3.63, 3.8) is 0 Å². The number of nitriles is 1. The van der Waals surface area contributed by atoms with Crippen LogP contribution in [0.2, 0.25) is 0 Å². The van der Waals surface area contributed by atoms with E-state index in [-0.39, 0.29) is 37.3 Å². The monoisotopic (exact) mass is 466 g/mol. The van der Waals surface area contributed by atoms with Gasteiger partial charge in [-0.2, -0.15) is 18.4 Å². The first-order valence-electron chi connectivity index (χ1n) is 10.4. The summed E-state index contributed by atoms with van der Waals surface area (Å²) in [6.45, 7) is -0.412. The number of nitrogens with one attached hydrogen (secondary N) is 1. The molecule has 2 aromatic rings. The molecule has 1 amide bonds. The van der Waals surface area contributed by atoms with Crippen molar-refractivity contribution in [2.75, 3.05) is 44.7 Å². The molecule has 176 valence electrons. The van der Waals surface area contributed by atoms with Gasteiger partial charge in [0.15, 0.2) is 17.9 Å². The minimum absolute atomic E-state index is 0.0408. The maximum absolute atomic E-state index is 14.8. The second kappa shape index (κ2) is 8.72. The molecule has 12 heteroatoms. The van der Waals surface area contributed by atoms with Crippen molar-refractivity contribution in [2.45, 2.75) is 30.5 Å². The van der Waals surface area contributed by atoms with Crippen LogP contribution in [-0.4, -0.2) is 84.6 Å². The molecule has 0 bridgehead atoms. The van der Waals surface area contributed by atoms with Crippen LogP contribution in [0.3, 0.4) is 0 Å². The first-order chi connectivity index (χ1) is 15.6. The molecule has 3 atom stereocenters. The van der Waals surface area contributed by atoms with Gasteiger partial charge in [-0.05, 0) is 25.6 Å². The molecule has 2 saturated heterocycles. The highest BCUT2D eigenvalue weighted by Crippen LogP contribution is 2.33. The molecule has 8 nitrogen and oxygen atoms in total. The van der Waals surface area contributed by atoms with Gasteiger partial charge in [0, 0.05) is 24.7 Å². The smallest absolute Gasteiger partial charge is 0.364 e. The van der Waals surface area contributed by atoms with Crippen molar-refractivity contribution in [1.82, 2.24) is 20.2 Å². The zero-order valence-corrected chi connectivity index (χ0v) is 17.8. The van der Waals surface area contributed by atoms with Crippen molar-refractivity contribution < 1.29 is 27.1 Å². The van der Waals surface area contributed by atoms with Crippen LogP contribution in [0, 0.1) is 11.3 Å². The summed E-state index contributed by atoms with van der Waals surface area (Å²) in [7, 11) is 1.75. The number of amides is 1. The summed E-state index contributed by atoms with van der Waals surface area (Å²) >= 11 is 0. The summed E-state index contributed by atoms with van der Waals surface area (Å²) in [6, 6.07) is 5.13. The Bertz CT molecular complexity index is 1090. The number of morpholine rings is 1. The lowest BCUT2D eigenvalue weighted by Crippen LogP contribution is -2.58. The van der Waals surface area contributed by atoms with Crippen LogP contribution >= 0.6 is 0 Å². The van der Waals surface area contributed by atoms with E-state index in [4.69, 9.17) is 4.74 Å². The Labute approximate surface area is 187 Å². The van der Waals surface area contributed by atoms with Gasteiger partial charge in [-0.3, -0.25) is 9.78 Å². The minimum atomic E-state index is -4.72. The van der Waals surface area contributed by atoms with E-state index in [0.29, 0.717) is 17.6 Å². The van der Waals surface area contributed by atoms with E-state index in [9.17, 15) is 27.6 Å². The number of pyridine rings is 2. The van der Waals surface area contributed by atoms with Crippen molar-refractivity contribution in [1.29, 1.82) is 5.26 Å². The topological polar surface area (TPSA) is 94.4 Å². The van der Waals surface area contributed by atoms with Gasteiger partial charge in [-0.25, -0.2) is 9.37 Å². The van der Waals surface area contributed by atoms with Crippen molar-refractivity contribution >= 4 is 22.5 Å². The van der Waals surface area contributed by atoms with E-state index in [0.717, 1.165) is 0 Å². The first-order valence-corrected chi connectivity index (χ1v) is 10.4. The van der Waals surface area contributed by atoms with Crippen LogP contribution in [0.5, 0.6) is 0 Å². The number of carbonyl (C=O) groups excluding carboxylic acids is 1. The summed E-state index contributed by atoms with van der Waals surface area (Å²) in [5, 5.41) is 12.1. The fourth-order valence-electron chi connectivity index (χ4n) is 4.21. The van der Waals surface area contributed by atoms with Crippen LogP contribution in [-0.2, 0) is 9.53 Å². The number of hydrogen-bond acceptors (Lipinski definition) is 7. The average molecular weight is 466 g/mol. The Morgan fingerprint density at radius 2 is 2.18 bits per heavy atom. The Morgan fingerprint density at radius 3 is 2.85 bits per heavy atom. The molecule has 2 aliphatic heterocycles. The minimum Gasteiger partial charge on any atom is -0.364 e. The number of halogens is 4. The number of alkyl halides is 4. The lowest BCUT2D eigenvalue weighted by molar-refractivity contribution is -0.234. The van der Waals surface area contributed by atoms with Gasteiger partial charge in [0.25, 0.3) is 5.91 Å². The maximum atomic E-state index is 14.8. The van der Waals surface area contributed by atoms with Gasteiger partial charge in [-0.15, -0.1) is 0 Å². The summed E-state index contributed by atoms with van der Waals surface area (Å²) in [6.07, 6.45) is -5.46. The number of aromatic nitrogens is 2. The fourth-order valence-corrected chi connectivity index (χ4v) is 4.21. The third-order valence-electron chi connectivity index (χ3n) is 5.90. The van der Waals surface area contributed by atoms with Gasteiger partial charge in [0.2, 0.25) is 0 Å². The number of rotatable bonds is 4. The molecule has 2 fully saturated rings. The number of ether oxygens (including phenoxy) is 1. The molecular formula is C21H22F4N6O2. The van der Waals surface area contributed by atoms with E-state index < -0.39 is 36.5 Å². The largest absolute Gasteiger partial charge is 0.416 e. The Morgan fingerprint density at radius 1 is 1.39 bits per heavy atom. The zero-order chi connectivity index (χ0) is 23.8. The number of likely N-dealkylation sites (tertiary alicyclic amines) is 1. The first kappa shape index (κ1) is 23.1. The van der Waals surface area contributed by atoms with Gasteiger partial charge in [-0.1, -0.05) is 0 Å². The molecule has 0 aromatic carbocycles. The van der Waals surface area contributed by atoms with E-state index in [1.54, 1.807) is 24.1 Å². The van der Waals surface area contributed by atoms with E-state index >= 15 is 0 Å². The van der Waals surface area contributed by atoms with Gasteiger partial charge in [0.05, 0.1) is 31.5 Å². The SMILES string of the molecule is CN1CC[C@@](F)(CNC(=O)[C@H]2CN(c3cnc(C#N)c4ncccc34)C[C@@H](C(F)(F)F)O2)C1. The fraction of sp³-hybridized carbons (Fsp3) is 0.524. The molecule has 33 heavy (non-hydrogen) atoms. The molecule has 4 rings (SSSR count). The van der Waals surface area contributed by atoms with Gasteiger partial charge >= 0.3 is 6.18 Å². The second-order valence-electron chi connectivity index (χ2n) is 8.42. The summed E-state index contributed by atoms with van der Waals surface area (Å²) in [5.41, 5.74) is -1.05. The van der Waals surface area contributed by atoms with E-state index in [1.807, 2.05) is 6.07 Å². The Hall–Kier alpha value is -3.04. The predicted molar refractivity (Wildman–Crippen MR) is 110 cm³/mol. The van der Waals surface area contributed by atoms with Crippen LogP contribution in [0.1, 0.15) is 12.1 Å². The van der Waals surface area contributed by atoms with Crippen LogP contribution in [0.4, 0.5) is 23.2 Å². The van der Waals surface area contributed by atoms with E-state index in [1.165, 1.54) is 17.3 Å². The Kier molecular flexibility index (Phi) is 6.11. The third kappa shape index (κ3) is 4.84. The lowest BCUT2D eigenvalue weighted by Gasteiger charge is -2.39. The maximum Gasteiger partial charge on any atom is 0.416 e. The molecule has 0 unspecified atom stereocenters. The lowest BCUT2D eigenvalue weighted by atomic mass is 10.1. The molecule has 2 aromatic heterocycles. The molecule has 0 spiro atoms. The van der Waals surface area contributed by atoms with Crippen LogP contribution in [0.15, 0.2) is 24.5 Å². The number of nitrogens with zero attached hydrogens (tertiary/aromatic N) is 5. The molecule has 0 saturated carbocycles. The predicted octanol–water partition coefficient (Wildman–Crippen LogP) is 1.80. The average Bonchev–Trinajstić information content (AvgIpc) is 3.14. The van der Waals surface area contributed by atoms with Crippen molar-refractivity contribution in [3.8, 4) is 6.07 Å². The quantitative estimate of drug-likeness (QED) is 0.687. The highest BCUT2D eigenvalue weighted by atomic mass is 19.4. The summed E-state index contributed by atoms with van der Waals surface area (Å²) in [4.78, 5) is 24.0. The summed E-state index contributed by atoms with van der Waals surface area (Å²) < 4.78 is 60.8. The van der Waals surface area contributed by atoms with Crippen molar-refractivity contribution in [3.05, 3.63) is 30.2 Å². The second-order valence-corrected chi connectivity index (χ2v) is 8.42. The standard InChI is InChI=1S/C21H22F4N6O2/c1-30-6-4-20(22,12-30)11-29-19(32)16-9-31(10-17(33-16)21(23,24)25)15-8-28-14(7-26)18-13(15)3-2-5-27-18/h2-3,5,8,16-17H,4,6,9-12H2,1H3,(H,29,32)/t16-,17+,20-/m1/s1. The molecular weight excluding hydrogens is 444 g/mol. The molecule has 0 radical (unpaired) electrons. The third-order valence-corrected chi connectivity index (χ3v) is 5.90. The molecule has 1 N–H and O–H groups in total. The normalized spacial score (nSPS) is 26.4. The van der Waals surface area contributed by atoms with Gasteiger partial charge in [0.1, 0.15) is 17.3 Å². The van der Waals surface area contributed by atoms with E-state index in [2.05, 4.69) is 15.3 Å². The number of hydrogen-bond donors (Lipinski definition) is 1. The summed E-state index contributed by atoms with van der Waals surface area (Å²) in [5.74, 6) is -0.815. The molecule has 2 aliphatic rings. The zero-order valence-electron chi connectivity index (χ0n) is 17.8. The van der Waals surface area contributed by atoms with Crippen molar-refractivity contribution in [2.24, 2.45) is 0 Å². The van der Waals surface area contributed by atoms with Crippen LogP contribution < -0.4 is 10.2 Å². The number of carbonyl (C=O) groups is 1. The molecule has 0 aliphatic carbocycles.